The number of hydrogen-bond donors (Lipinski definition) is 0. The third-order valence-electron chi connectivity index (χ3n) is 3.82. The maximum atomic E-state index is 12.5. The highest BCUT2D eigenvalue weighted by Gasteiger charge is 2.34. The highest BCUT2D eigenvalue weighted by molar-refractivity contribution is 7.99. The molecule has 1 heterocycles. The van der Waals surface area contributed by atoms with Crippen LogP contribution in [0.15, 0.2) is 35.2 Å². The maximum absolute atomic E-state index is 12.5. The summed E-state index contributed by atoms with van der Waals surface area (Å²) in [6.45, 7) is 7.90. The summed E-state index contributed by atoms with van der Waals surface area (Å²) in [5, 5.41) is 0. The number of rotatable bonds is 3. The second-order valence-corrected chi connectivity index (χ2v) is 8.04. The number of ether oxygens (including phenoxy) is 1. The number of carbonyl (C=O) groups excluding carboxylic acids is 1. The van der Waals surface area contributed by atoms with Crippen LogP contribution < -0.4 is 0 Å². The van der Waals surface area contributed by atoms with Crippen molar-refractivity contribution in [2.24, 2.45) is 0 Å². The van der Waals surface area contributed by atoms with Crippen molar-refractivity contribution in [3.63, 3.8) is 0 Å². The summed E-state index contributed by atoms with van der Waals surface area (Å²) in [5.74, 6) is 0.924. The van der Waals surface area contributed by atoms with Crippen LogP contribution in [-0.4, -0.2) is 34.4 Å². The average molecular weight is 321 g/mol. The summed E-state index contributed by atoms with van der Waals surface area (Å²) >= 11 is 1.82. The predicted octanol–water partition coefficient (Wildman–Crippen LogP) is 4.96. The molecule has 2 atom stereocenters. The van der Waals surface area contributed by atoms with E-state index in [0.29, 0.717) is 0 Å². The fraction of sp³-hybridized carbons (Fsp3) is 0.611. The van der Waals surface area contributed by atoms with Gasteiger partial charge in [-0.1, -0.05) is 18.2 Å². The van der Waals surface area contributed by atoms with Crippen LogP contribution in [0.1, 0.15) is 47.0 Å². The summed E-state index contributed by atoms with van der Waals surface area (Å²) in [7, 11) is 0. The van der Waals surface area contributed by atoms with Crippen LogP contribution in [0.25, 0.3) is 0 Å². The summed E-state index contributed by atoms with van der Waals surface area (Å²) in [6.07, 6.45) is 3.13. The molecule has 122 valence electrons. The van der Waals surface area contributed by atoms with Gasteiger partial charge >= 0.3 is 6.09 Å². The van der Waals surface area contributed by atoms with Gasteiger partial charge in [0.15, 0.2) is 0 Å². The fourth-order valence-electron chi connectivity index (χ4n) is 2.80. The van der Waals surface area contributed by atoms with E-state index >= 15 is 0 Å². The summed E-state index contributed by atoms with van der Waals surface area (Å²) in [6, 6.07) is 10.9. The second-order valence-electron chi connectivity index (χ2n) is 6.95. The molecule has 0 saturated carbocycles. The van der Waals surface area contributed by atoms with Gasteiger partial charge in [-0.3, -0.25) is 0 Å². The molecule has 0 radical (unpaired) electrons. The number of amides is 1. The minimum absolute atomic E-state index is 0.168. The zero-order valence-corrected chi connectivity index (χ0v) is 14.9. The molecule has 0 bridgehead atoms. The lowest BCUT2D eigenvalue weighted by Gasteiger charge is -2.41. The van der Waals surface area contributed by atoms with E-state index in [-0.39, 0.29) is 18.2 Å². The Labute approximate surface area is 138 Å². The van der Waals surface area contributed by atoms with Gasteiger partial charge in [0, 0.05) is 22.7 Å². The Hall–Kier alpha value is -1.16. The van der Waals surface area contributed by atoms with E-state index in [1.807, 2.05) is 43.5 Å². The third-order valence-corrected chi connectivity index (χ3v) is 4.97. The quantitative estimate of drug-likeness (QED) is 0.737. The van der Waals surface area contributed by atoms with Gasteiger partial charge < -0.3 is 9.64 Å². The zero-order valence-electron chi connectivity index (χ0n) is 14.0. The molecule has 1 amide bonds. The molecule has 1 fully saturated rings. The van der Waals surface area contributed by atoms with Crippen LogP contribution in [0, 0.1) is 0 Å². The lowest BCUT2D eigenvalue weighted by Crippen LogP contribution is -2.51. The lowest BCUT2D eigenvalue weighted by atomic mass is 9.98. The van der Waals surface area contributed by atoms with Crippen LogP contribution in [0.4, 0.5) is 4.79 Å². The highest BCUT2D eigenvalue weighted by Crippen LogP contribution is 2.29. The minimum atomic E-state index is -0.439. The van der Waals surface area contributed by atoms with E-state index < -0.39 is 5.60 Å². The van der Waals surface area contributed by atoms with Gasteiger partial charge in [-0.15, -0.1) is 11.8 Å². The number of benzene rings is 1. The molecular weight excluding hydrogens is 294 g/mol. The molecule has 0 unspecified atom stereocenters. The Morgan fingerprint density at radius 3 is 2.59 bits per heavy atom. The smallest absolute Gasteiger partial charge is 0.410 e. The number of piperidine rings is 1. The van der Waals surface area contributed by atoms with Gasteiger partial charge in [-0.05, 0) is 59.1 Å². The van der Waals surface area contributed by atoms with Gasteiger partial charge in [0.05, 0.1) is 0 Å². The SMILES string of the molecule is C[C@H]1CCC[C@H](CSc2ccccc2)N1C(=O)OC(C)(C)C. The fourth-order valence-corrected chi connectivity index (χ4v) is 3.87. The van der Waals surface area contributed by atoms with Crippen LogP contribution in [-0.2, 0) is 4.74 Å². The standard InChI is InChI=1S/C18H27NO2S/c1-14-9-8-10-15(13-22-16-11-6-5-7-12-16)19(14)17(20)21-18(2,3)4/h5-7,11-12,14-15H,8-10,13H2,1-4H3/t14-,15+/m0/s1. The van der Waals surface area contributed by atoms with Crippen molar-refractivity contribution in [2.45, 2.75) is 69.5 Å². The normalized spacial score (nSPS) is 22.5. The monoisotopic (exact) mass is 321 g/mol. The maximum Gasteiger partial charge on any atom is 0.410 e. The van der Waals surface area contributed by atoms with Crippen molar-refractivity contribution in [1.29, 1.82) is 0 Å². The molecule has 0 spiro atoms. The second kappa shape index (κ2) is 7.40. The lowest BCUT2D eigenvalue weighted by molar-refractivity contribution is 0.000603. The van der Waals surface area contributed by atoms with Crippen molar-refractivity contribution in [2.75, 3.05) is 5.75 Å². The van der Waals surface area contributed by atoms with Gasteiger partial charge in [-0.25, -0.2) is 4.79 Å². The van der Waals surface area contributed by atoms with E-state index in [2.05, 4.69) is 31.2 Å². The Balaban J connectivity index is 2.01. The molecule has 0 N–H and O–H groups in total. The number of nitrogens with zero attached hydrogens (tertiary/aromatic N) is 1. The molecule has 0 aromatic heterocycles. The first-order valence-electron chi connectivity index (χ1n) is 8.06. The highest BCUT2D eigenvalue weighted by atomic mass is 32.2. The molecule has 1 aromatic carbocycles. The van der Waals surface area contributed by atoms with E-state index in [9.17, 15) is 4.79 Å². The van der Waals surface area contributed by atoms with Crippen molar-refractivity contribution in [3.8, 4) is 0 Å². The molecule has 1 aliphatic rings. The summed E-state index contributed by atoms with van der Waals surface area (Å²) in [4.78, 5) is 15.8. The van der Waals surface area contributed by atoms with Crippen molar-refractivity contribution in [3.05, 3.63) is 30.3 Å². The topological polar surface area (TPSA) is 29.5 Å². The summed E-state index contributed by atoms with van der Waals surface area (Å²) in [5.41, 5.74) is -0.439. The molecule has 22 heavy (non-hydrogen) atoms. The van der Waals surface area contributed by atoms with Crippen LogP contribution >= 0.6 is 11.8 Å². The third kappa shape index (κ3) is 4.94. The van der Waals surface area contributed by atoms with Crippen molar-refractivity contribution in [1.82, 2.24) is 4.90 Å². The van der Waals surface area contributed by atoms with E-state index in [1.165, 1.54) is 11.3 Å². The minimum Gasteiger partial charge on any atom is -0.444 e. The van der Waals surface area contributed by atoms with Gasteiger partial charge in [0.25, 0.3) is 0 Å². The van der Waals surface area contributed by atoms with Gasteiger partial charge in [-0.2, -0.15) is 0 Å². The Bertz CT molecular complexity index is 484. The van der Waals surface area contributed by atoms with Gasteiger partial charge in [0.2, 0.25) is 0 Å². The molecule has 4 heteroatoms. The van der Waals surface area contributed by atoms with E-state index in [0.717, 1.165) is 18.6 Å². The average Bonchev–Trinajstić information content (AvgIpc) is 2.44. The molecule has 2 rings (SSSR count). The van der Waals surface area contributed by atoms with E-state index in [4.69, 9.17) is 4.74 Å². The Morgan fingerprint density at radius 1 is 1.27 bits per heavy atom. The molecule has 1 aliphatic heterocycles. The van der Waals surface area contributed by atoms with Gasteiger partial charge in [0.1, 0.15) is 5.60 Å². The predicted molar refractivity (Wildman–Crippen MR) is 92.3 cm³/mol. The van der Waals surface area contributed by atoms with Crippen LogP contribution in [0.2, 0.25) is 0 Å². The molecule has 1 saturated heterocycles. The van der Waals surface area contributed by atoms with Crippen LogP contribution in [0.5, 0.6) is 0 Å². The largest absolute Gasteiger partial charge is 0.444 e. The number of likely N-dealkylation sites (tertiary alicyclic amines) is 1. The first kappa shape index (κ1) is 17.2. The molecule has 3 nitrogen and oxygen atoms in total. The zero-order chi connectivity index (χ0) is 16.2. The number of carbonyl (C=O) groups is 1. The first-order chi connectivity index (χ1) is 10.4. The first-order valence-corrected chi connectivity index (χ1v) is 9.04. The molecular formula is C18H27NO2S. The van der Waals surface area contributed by atoms with Crippen molar-refractivity contribution < 1.29 is 9.53 Å². The molecule has 1 aromatic rings. The molecule has 0 aliphatic carbocycles. The Morgan fingerprint density at radius 2 is 1.95 bits per heavy atom. The Kier molecular flexibility index (Phi) is 5.79. The number of thioether (sulfide) groups is 1. The summed E-state index contributed by atoms with van der Waals surface area (Å²) < 4.78 is 5.61. The van der Waals surface area contributed by atoms with Crippen molar-refractivity contribution >= 4 is 17.9 Å². The van der Waals surface area contributed by atoms with Crippen LogP contribution in [0.3, 0.4) is 0 Å². The number of hydrogen-bond acceptors (Lipinski definition) is 3. The van der Waals surface area contributed by atoms with E-state index in [1.54, 1.807) is 0 Å².